The smallest absolute Gasteiger partial charge is 0.345 e. The first kappa shape index (κ1) is 17.3. The van der Waals surface area contributed by atoms with Gasteiger partial charge in [-0.1, -0.05) is 86.2 Å². The minimum Gasteiger partial charge on any atom is -0.345 e. The third-order valence-electron chi connectivity index (χ3n) is 3.73. The summed E-state index contributed by atoms with van der Waals surface area (Å²) in [6, 6.07) is 9.10. The van der Waals surface area contributed by atoms with Gasteiger partial charge in [0.2, 0.25) is 0 Å². The molecule has 0 saturated heterocycles. The lowest BCUT2D eigenvalue weighted by molar-refractivity contribution is 0.575. The van der Waals surface area contributed by atoms with Gasteiger partial charge in [0.05, 0.1) is 0 Å². The molecule has 0 spiro atoms. The molecule has 0 bridgehead atoms. The van der Waals surface area contributed by atoms with E-state index in [0.29, 0.717) is 0 Å². The molecular weight excluding hydrogens is 264 g/mol. The second-order valence-corrected chi connectivity index (χ2v) is 7.49. The van der Waals surface area contributed by atoms with Crippen molar-refractivity contribution in [2.24, 2.45) is 0 Å². The van der Waals surface area contributed by atoms with Gasteiger partial charge in [-0.05, 0) is 18.4 Å². The fourth-order valence-corrected chi connectivity index (χ4v) is 3.65. The monoisotopic (exact) mass is 290 g/mol. The number of unbranched alkanes of at least 4 members (excludes halogenated alkanes) is 7. The molecule has 0 nitrogen and oxygen atoms in total. The molecule has 1 aromatic rings. The number of hydrogen-bond acceptors (Lipinski definition) is 0. The zero-order valence-electron chi connectivity index (χ0n) is 12.5. The first-order chi connectivity index (χ1) is 9.36. The van der Waals surface area contributed by atoms with Crippen LogP contribution in [0.3, 0.4) is 0 Å². The third-order valence-corrected chi connectivity index (χ3v) is 5.06. The molecule has 1 aromatic carbocycles. The van der Waals surface area contributed by atoms with Crippen LogP contribution in [-0.4, -0.2) is 19.3 Å². The number of aryl methyl sites for hydroxylation is 1. The molecular formula is C17H27ClMg. The molecule has 0 aliphatic heterocycles. The van der Waals surface area contributed by atoms with Crippen molar-refractivity contribution in [3.8, 4) is 0 Å². The predicted octanol–water partition coefficient (Wildman–Crippen LogP) is 5.73. The Kier molecular flexibility index (Phi) is 11.0. The van der Waals surface area contributed by atoms with Gasteiger partial charge in [0.25, 0.3) is 0 Å². The highest BCUT2D eigenvalue weighted by atomic mass is 35.5. The van der Waals surface area contributed by atoms with Crippen molar-refractivity contribution in [1.29, 1.82) is 0 Å². The number of halogens is 1. The Morgan fingerprint density at radius 1 is 0.789 bits per heavy atom. The molecule has 0 aliphatic carbocycles. The normalized spacial score (nSPS) is 10.4. The maximum absolute atomic E-state index is 5.88. The van der Waals surface area contributed by atoms with E-state index in [1.807, 2.05) is 0 Å². The number of benzene rings is 1. The van der Waals surface area contributed by atoms with Crippen LogP contribution in [0.1, 0.15) is 69.4 Å². The molecule has 0 aliphatic rings. The maximum Gasteiger partial charge on any atom is 0.505 e. The van der Waals surface area contributed by atoms with Crippen LogP contribution < -0.4 is 0 Å². The van der Waals surface area contributed by atoms with Crippen LogP contribution >= 0.6 is 9.07 Å². The molecule has 0 radical (unpaired) electrons. The summed E-state index contributed by atoms with van der Waals surface area (Å²) < 4.78 is 1.12. The fraction of sp³-hybridized carbons (Fsp3) is 0.647. The Morgan fingerprint density at radius 2 is 1.32 bits per heavy atom. The molecule has 0 unspecified atom stereocenters. The number of hydrogen-bond donors (Lipinski definition) is 0. The van der Waals surface area contributed by atoms with E-state index in [1.54, 1.807) is 0 Å². The van der Waals surface area contributed by atoms with Gasteiger partial charge in [-0.15, -0.1) is 0 Å². The van der Waals surface area contributed by atoms with Crippen molar-refractivity contribution in [1.82, 2.24) is 0 Å². The summed E-state index contributed by atoms with van der Waals surface area (Å²) >= 11 is -0.356. The Bertz CT molecular complexity index is 308. The van der Waals surface area contributed by atoms with E-state index < -0.39 is 0 Å². The zero-order valence-corrected chi connectivity index (χ0v) is 14.6. The van der Waals surface area contributed by atoms with Crippen LogP contribution in [0, 0.1) is 0 Å². The maximum atomic E-state index is 5.88. The van der Waals surface area contributed by atoms with Gasteiger partial charge < -0.3 is 9.07 Å². The van der Waals surface area contributed by atoms with Crippen molar-refractivity contribution in [3.05, 3.63) is 35.4 Å². The zero-order chi connectivity index (χ0) is 13.8. The van der Waals surface area contributed by atoms with Crippen LogP contribution in [0.2, 0.25) is 0 Å². The highest BCUT2D eigenvalue weighted by Crippen LogP contribution is 2.12. The molecule has 0 heterocycles. The molecule has 0 N–H and O–H groups in total. The predicted molar refractivity (Wildman–Crippen MR) is 88.1 cm³/mol. The largest absolute Gasteiger partial charge is 0.505 e. The lowest BCUT2D eigenvalue weighted by Crippen LogP contribution is -1.91. The van der Waals surface area contributed by atoms with Crippen LogP contribution in [0.5, 0.6) is 0 Å². The van der Waals surface area contributed by atoms with E-state index in [4.69, 9.17) is 9.07 Å². The fourth-order valence-electron chi connectivity index (χ4n) is 2.44. The van der Waals surface area contributed by atoms with Gasteiger partial charge in [-0.3, -0.25) is 0 Å². The standard InChI is InChI=1S/C17H27.ClH.Mg/c1-3-4-5-6-7-8-9-10-11-17-14-12-16(2)13-15-17;;/h12-15H,2-11H2,1H3;1H;/q;;+1/p-1. The average molecular weight is 291 g/mol. The van der Waals surface area contributed by atoms with Crippen molar-refractivity contribution in [2.75, 3.05) is 0 Å². The topological polar surface area (TPSA) is 0 Å². The van der Waals surface area contributed by atoms with Crippen molar-refractivity contribution in [2.45, 2.75) is 69.3 Å². The number of rotatable bonds is 11. The van der Waals surface area contributed by atoms with Gasteiger partial charge in [0.1, 0.15) is 0 Å². The van der Waals surface area contributed by atoms with E-state index >= 15 is 0 Å². The van der Waals surface area contributed by atoms with Gasteiger partial charge in [-0.2, -0.15) is 0 Å². The Hall–Kier alpha value is 0.276. The summed E-state index contributed by atoms with van der Waals surface area (Å²) in [6.07, 6.45) is 12.5. The third kappa shape index (κ3) is 8.94. The molecule has 2 heteroatoms. The Morgan fingerprint density at radius 3 is 1.89 bits per heavy atom. The molecule has 0 fully saturated rings. The van der Waals surface area contributed by atoms with E-state index in [9.17, 15) is 0 Å². The molecule has 1 rings (SSSR count). The lowest BCUT2D eigenvalue weighted by Gasteiger charge is -2.04. The first-order valence-corrected chi connectivity index (χ1v) is 11.1. The minimum absolute atomic E-state index is 0.356. The molecule has 0 aromatic heterocycles. The van der Waals surface area contributed by atoms with Crippen molar-refractivity contribution in [3.63, 3.8) is 0 Å². The molecule has 104 valence electrons. The van der Waals surface area contributed by atoms with Crippen LogP contribution in [0.4, 0.5) is 0 Å². The van der Waals surface area contributed by atoms with E-state index in [0.717, 1.165) is 4.55 Å². The second kappa shape index (κ2) is 12.1. The van der Waals surface area contributed by atoms with Crippen LogP contribution in [0.15, 0.2) is 24.3 Å². The summed E-state index contributed by atoms with van der Waals surface area (Å²) in [7, 11) is 5.88. The Balaban J connectivity index is 2.02. The van der Waals surface area contributed by atoms with Gasteiger partial charge >= 0.3 is 19.3 Å². The Labute approximate surface area is 132 Å². The van der Waals surface area contributed by atoms with Gasteiger partial charge in [0.15, 0.2) is 0 Å². The highest BCUT2D eigenvalue weighted by molar-refractivity contribution is 6.93. The van der Waals surface area contributed by atoms with Gasteiger partial charge in [-0.25, -0.2) is 0 Å². The first-order valence-electron chi connectivity index (χ1n) is 8.00. The van der Waals surface area contributed by atoms with Crippen LogP contribution in [-0.2, 0) is 11.0 Å². The molecule has 0 saturated carbocycles. The van der Waals surface area contributed by atoms with Crippen LogP contribution in [0.25, 0.3) is 0 Å². The summed E-state index contributed by atoms with van der Waals surface area (Å²) in [5.41, 5.74) is 2.91. The second-order valence-electron chi connectivity index (χ2n) is 5.48. The summed E-state index contributed by atoms with van der Waals surface area (Å²) in [4.78, 5) is 0. The lowest BCUT2D eigenvalue weighted by atomic mass is 10.0. The average Bonchev–Trinajstić information content (AvgIpc) is 2.44. The molecule has 0 atom stereocenters. The summed E-state index contributed by atoms with van der Waals surface area (Å²) in [6.45, 7) is 2.28. The summed E-state index contributed by atoms with van der Waals surface area (Å²) in [5.74, 6) is 0. The van der Waals surface area contributed by atoms with Gasteiger partial charge in [0, 0.05) is 0 Å². The summed E-state index contributed by atoms with van der Waals surface area (Å²) in [5, 5.41) is 0. The SMILES string of the molecule is CCCCCCCCCCc1ccc([CH2][Mg][Cl])cc1. The van der Waals surface area contributed by atoms with Crippen molar-refractivity contribution >= 4 is 28.3 Å². The minimum atomic E-state index is -0.356. The quantitative estimate of drug-likeness (QED) is 0.361. The highest BCUT2D eigenvalue weighted by Gasteiger charge is 1.97. The van der Waals surface area contributed by atoms with E-state index in [-0.39, 0.29) is 19.3 Å². The van der Waals surface area contributed by atoms with Crippen molar-refractivity contribution < 1.29 is 0 Å². The van der Waals surface area contributed by atoms with E-state index in [1.165, 1.54) is 68.9 Å². The van der Waals surface area contributed by atoms with E-state index in [2.05, 4.69) is 31.2 Å². The molecule has 0 amide bonds. The molecule has 19 heavy (non-hydrogen) atoms.